The molecular formula is C13H23NO3. The van der Waals surface area contributed by atoms with Gasteiger partial charge in [-0.25, -0.2) is 0 Å². The average Bonchev–Trinajstić information content (AvgIpc) is 2.28. The molecule has 0 unspecified atom stereocenters. The lowest BCUT2D eigenvalue weighted by Gasteiger charge is -2.32. The van der Waals surface area contributed by atoms with E-state index in [2.05, 4.69) is 0 Å². The van der Waals surface area contributed by atoms with Gasteiger partial charge in [0.1, 0.15) is 0 Å². The fourth-order valence-electron chi connectivity index (χ4n) is 2.13. The summed E-state index contributed by atoms with van der Waals surface area (Å²) in [6.07, 6.45) is 2.30. The van der Waals surface area contributed by atoms with Crippen molar-refractivity contribution in [2.45, 2.75) is 40.0 Å². The van der Waals surface area contributed by atoms with Gasteiger partial charge < -0.3 is 9.64 Å². The fraction of sp³-hybridized carbons (Fsp3) is 0.846. The van der Waals surface area contributed by atoms with Crippen LogP contribution in [-0.2, 0) is 14.3 Å². The molecule has 0 aliphatic carbocycles. The van der Waals surface area contributed by atoms with E-state index in [0.717, 1.165) is 19.4 Å². The van der Waals surface area contributed by atoms with E-state index in [1.54, 1.807) is 0 Å². The third-order valence-electron chi connectivity index (χ3n) is 2.98. The second-order valence-corrected chi connectivity index (χ2v) is 5.03. The molecule has 1 amide bonds. The summed E-state index contributed by atoms with van der Waals surface area (Å²) in [5.41, 5.74) is 0. The summed E-state index contributed by atoms with van der Waals surface area (Å²) >= 11 is 0. The molecule has 1 aliphatic rings. The van der Waals surface area contributed by atoms with Crippen molar-refractivity contribution in [2.75, 3.05) is 19.7 Å². The van der Waals surface area contributed by atoms with Crippen molar-refractivity contribution >= 4 is 11.9 Å². The molecule has 0 N–H and O–H groups in total. The van der Waals surface area contributed by atoms with Crippen molar-refractivity contribution in [3.63, 3.8) is 0 Å². The van der Waals surface area contributed by atoms with E-state index in [1.165, 1.54) is 0 Å². The van der Waals surface area contributed by atoms with Gasteiger partial charge in [0, 0.05) is 19.5 Å². The van der Waals surface area contributed by atoms with E-state index >= 15 is 0 Å². The van der Waals surface area contributed by atoms with Gasteiger partial charge in [-0.2, -0.15) is 0 Å². The minimum Gasteiger partial charge on any atom is -0.466 e. The highest BCUT2D eigenvalue weighted by atomic mass is 16.5. The van der Waals surface area contributed by atoms with Crippen LogP contribution in [0.4, 0.5) is 0 Å². The second-order valence-electron chi connectivity index (χ2n) is 5.03. The van der Waals surface area contributed by atoms with E-state index < -0.39 is 0 Å². The van der Waals surface area contributed by atoms with Gasteiger partial charge in [0.25, 0.3) is 0 Å². The van der Waals surface area contributed by atoms with Gasteiger partial charge in [0.05, 0.1) is 12.5 Å². The quantitative estimate of drug-likeness (QED) is 0.705. The molecule has 0 saturated carbocycles. The Labute approximate surface area is 103 Å². The standard InChI is InChI=1S/C13H23NO3/c1-4-17-13(16)11-6-5-7-14(9-11)12(15)8-10(2)3/h10-11H,4-9H2,1-3H3/t11-/m1/s1. The number of carbonyl (C=O) groups excluding carboxylic acids is 2. The van der Waals surface area contributed by atoms with Crippen LogP contribution >= 0.6 is 0 Å². The molecule has 0 spiro atoms. The fourth-order valence-corrected chi connectivity index (χ4v) is 2.13. The van der Waals surface area contributed by atoms with Gasteiger partial charge in [-0.15, -0.1) is 0 Å². The molecule has 1 heterocycles. The van der Waals surface area contributed by atoms with Crippen molar-refractivity contribution in [2.24, 2.45) is 11.8 Å². The maximum absolute atomic E-state index is 11.9. The van der Waals surface area contributed by atoms with Gasteiger partial charge >= 0.3 is 5.97 Å². The minimum absolute atomic E-state index is 0.125. The van der Waals surface area contributed by atoms with E-state index in [4.69, 9.17) is 4.74 Å². The zero-order valence-corrected chi connectivity index (χ0v) is 11.1. The molecule has 1 fully saturated rings. The molecule has 1 atom stereocenters. The molecule has 17 heavy (non-hydrogen) atoms. The number of hydrogen-bond donors (Lipinski definition) is 0. The lowest BCUT2D eigenvalue weighted by Crippen LogP contribution is -2.43. The molecule has 0 bridgehead atoms. The first kappa shape index (κ1) is 14.0. The molecule has 1 aliphatic heterocycles. The maximum Gasteiger partial charge on any atom is 0.310 e. The predicted molar refractivity (Wildman–Crippen MR) is 65.4 cm³/mol. The summed E-state index contributed by atoms with van der Waals surface area (Å²) in [7, 11) is 0. The van der Waals surface area contributed by atoms with Crippen LogP contribution in [-0.4, -0.2) is 36.5 Å². The first-order valence-corrected chi connectivity index (χ1v) is 6.49. The molecule has 0 radical (unpaired) electrons. The largest absolute Gasteiger partial charge is 0.466 e. The van der Waals surface area contributed by atoms with Crippen molar-refractivity contribution in [3.8, 4) is 0 Å². The number of carbonyl (C=O) groups is 2. The van der Waals surface area contributed by atoms with Crippen LogP contribution in [0.5, 0.6) is 0 Å². The molecule has 0 aromatic heterocycles. The first-order chi connectivity index (χ1) is 8.04. The molecule has 98 valence electrons. The maximum atomic E-state index is 11.9. The van der Waals surface area contributed by atoms with Crippen LogP contribution in [0.1, 0.15) is 40.0 Å². The van der Waals surface area contributed by atoms with Crippen LogP contribution < -0.4 is 0 Å². The Bertz CT molecular complexity index is 276. The number of likely N-dealkylation sites (tertiary alicyclic amines) is 1. The van der Waals surface area contributed by atoms with E-state index in [0.29, 0.717) is 25.5 Å². The van der Waals surface area contributed by atoms with Crippen molar-refractivity contribution in [1.29, 1.82) is 0 Å². The Kier molecular flexibility index (Phi) is 5.45. The van der Waals surface area contributed by atoms with Crippen molar-refractivity contribution < 1.29 is 14.3 Å². The monoisotopic (exact) mass is 241 g/mol. The molecule has 4 nitrogen and oxygen atoms in total. The topological polar surface area (TPSA) is 46.6 Å². The van der Waals surface area contributed by atoms with Gasteiger partial charge in [-0.05, 0) is 25.7 Å². The number of amides is 1. The predicted octanol–water partition coefficient (Wildman–Crippen LogP) is 1.83. The zero-order chi connectivity index (χ0) is 12.8. The summed E-state index contributed by atoms with van der Waals surface area (Å²) in [6, 6.07) is 0. The Hall–Kier alpha value is -1.06. The Balaban J connectivity index is 2.48. The Morgan fingerprint density at radius 2 is 2.12 bits per heavy atom. The van der Waals surface area contributed by atoms with Gasteiger partial charge in [0.2, 0.25) is 5.91 Å². The van der Waals surface area contributed by atoms with Crippen LogP contribution in [0.15, 0.2) is 0 Å². The zero-order valence-electron chi connectivity index (χ0n) is 11.1. The average molecular weight is 241 g/mol. The van der Waals surface area contributed by atoms with Gasteiger partial charge in [0.15, 0.2) is 0 Å². The Morgan fingerprint density at radius 3 is 2.71 bits per heavy atom. The number of ether oxygens (including phenoxy) is 1. The number of nitrogens with zero attached hydrogens (tertiary/aromatic N) is 1. The normalized spacial score (nSPS) is 20.5. The summed E-state index contributed by atoms with van der Waals surface area (Å²) in [5, 5.41) is 0. The lowest BCUT2D eigenvalue weighted by molar-refractivity contribution is -0.151. The lowest BCUT2D eigenvalue weighted by atomic mass is 9.97. The van der Waals surface area contributed by atoms with Crippen molar-refractivity contribution in [3.05, 3.63) is 0 Å². The molecule has 4 heteroatoms. The van der Waals surface area contributed by atoms with Crippen LogP contribution in [0.25, 0.3) is 0 Å². The van der Waals surface area contributed by atoms with E-state index in [-0.39, 0.29) is 17.8 Å². The van der Waals surface area contributed by atoms with Crippen molar-refractivity contribution in [1.82, 2.24) is 4.90 Å². The molecule has 0 aromatic rings. The summed E-state index contributed by atoms with van der Waals surface area (Å²) in [5.74, 6) is 0.244. The number of hydrogen-bond acceptors (Lipinski definition) is 3. The molecule has 0 aromatic carbocycles. The Morgan fingerprint density at radius 1 is 1.41 bits per heavy atom. The highest BCUT2D eigenvalue weighted by Gasteiger charge is 2.29. The SMILES string of the molecule is CCOC(=O)[C@@H]1CCCN(C(=O)CC(C)C)C1. The summed E-state index contributed by atoms with van der Waals surface area (Å²) in [4.78, 5) is 25.3. The van der Waals surface area contributed by atoms with Crippen LogP contribution in [0, 0.1) is 11.8 Å². The first-order valence-electron chi connectivity index (χ1n) is 6.49. The minimum atomic E-state index is -0.158. The molecular weight excluding hydrogens is 218 g/mol. The summed E-state index contributed by atoms with van der Waals surface area (Å²) in [6.45, 7) is 7.60. The highest BCUT2D eigenvalue weighted by Crippen LogP contribution is 2.19. The summed E-state index contributed by atoms with van der Waals surface area (Å²) < 4.78 is 5.01. The number of piperidine rings is 1. The highest BCUT2D eigenvalue weighted by molar-refractivity contribution is 5.78. The van der Waals surface area contributed by atoms with Crippen LogP contribution in [0.2, 0.25) is 0 Å². The molecule has 1 saturated heterocycles. The second kappa shape index (κ2) is 6.62. The number of esters is 1. The smallest absolute Gasteiger partial charge is 0.310 e. The van der Waals surface area contributed by atoms with Crippen LogP contribution in [0.3, 0.4) is 0 Å². The third-order valence-corrected chi connectivity index (χ3v) is 2.98. The third kappa shape index (κ3) is 4.36. The van der Waals surface area contributed by atoms with E-state index in [1.807, 2.05) is 25.7 Å². The van der Waals surface area contributed by atoms with Gasteiger partial charge in [-0.3, -0.25) is 9.59 Å². The van der Waals surface area contributed by atoms with Gasteiger partial charge in [-0.1, -0.05) is 13.8 Å². The molecule has 1 rings (SSSR count). The van der Waals surface area contributed by atoms with E-state index in [9.17, 15) is 9.59 Å². The number of rotatable bonds is 4.